The van der Waals surface area contributed by atoms with Crippen LogP contribution in [0.3, 0.4) is 0 Å². The molecule has 0 saturated carbocycles. The van der Waals surface area contributed by atoms with Gasteiger partial charge in [0.05, 0.1) is 0 Å². The van der Waals surface area contributed by atoms with Crippen LogP contribution < -0.4 is 0 Å². The van der Waals surface area contributed by atoms with Crippen molar-refractivity contribution in [1.82, 2.24) is 0 Å². The Morgan fingerprint density at radius 2 is 0.463 bits per heavy atom. The molecule has 1 unspecified atom stereocenters. The van der Waals surface area contributed by atoms with E-state index in [1.54, 1.807) is 0 Å². The Morgan fingerprint density at radius 3 is 0.738 bits per heavy atom. The maximum absolute atomic E-state index is 13.0. The Kier molecular flexibility index (Phi) is 66.1. The maximum Gasteiger partial charge on any atom is 0.306 e. The molecule has 0 saturated heterocycles. The van der Waals surface area contributed by atoms with Gasteiger partial charge in [0.25, 0.3) is 0 Å². The van der Waals surface area contributed by atoms with E-state index in [1.807, 2.05) is 0 Å². The third-order valence-corrected chi connectivity index (χ3v) is 15.7. The lowest BCUT2D eigenvalue weighted by atomic mass is 10.0. The molecule has 0 aliphatic carbocycles. The van der Waals surface area contributed by atoms with Crippen molar-refractivity contribution in [3.8, 4) is 0 Å². The summed E-state index contributed by atoms with van der Waals surface area (Å²) >= 11 is 0. The maximum atomic E-state index is 13.0. The minimum Gasteiger partial charge on any atom is -0.462 e. The second kappa shape index (κ2) is 68.6. The van der Waals surface area contributed by atoms with E-state index < -0.39 is 6.10 Å². The number of hydrogen-bond donors (Lipinski definition) is 0. The molecule has 0 fully saturated rings. The van der Waals surface area contributed by atoms with Crippen LogP contribution in [-0.4, -0.2) is 37.2 Å². The van der Waals surface area contributed by atoms with Crippen molar-refractivity contribution in [2.75, 3.05) is 13.2 Å². The number of ether oxygens (including phenoxy) is 3. The van der Waals surface area contributed by atoms with E-state index in [2.05, 4.69) is 81.5 Å². The van der Waals surface area contributed by atoms with Crippen LogP contribution in [0.4, 0.5) is 0 Å². The van der Waals surface area contributed by atoms with Crippen LogP contribution in [-0.2, 0) is 28.6 Å². The van der Waals surface area contributed by atoms with Gasteiger partial charge >= 0.3 is 17.9 Å². The number of unbranched alkanes of at least 4 members (excludes halogenated alkanes) is 44. The van der Waals surface area contributed by atoms with Crippen LogP contribution in [0, 0.1) is 0 Å². The second-order valence-corrected chi connectivity index (χ2v) is 23.8. The van der Waals surface area contributed by atoms with Crippen molar-refractivity contribution in [3.63, 3.8) is 0 Å². The van der Waals surface area contributed by atoms with Gasteiger partial charge in [0.1, 0.15) is 13.2 Å². The molecule has 0 radical (unpaired) electrons. The standard InChI is InChI=1S/C74H134O6/c1-4-7-10-13-16-19-22-25-28-30-32-34-36-37-39-40-42-44-46-49-52-55-58-61-64-67-73(76)79-70-71(69-78-72(75)66-63-60-57-54-51-48-27-24-21-18-15-12-9-6-3)80-74(77)68-65-62-59-56-53-50-47-45-43-41-38-35-33-31-29-26-23-20-17-14-11-8-5-2/h15,18,22,24-25,27,30-33,71H,4-14,16-17,19-21,23,26,28-29,34-70H2,1-3H3/b18-15-,25-22-,27-24-,32-30-,33-31-. The smallest absolute Gasteiger partial charge is 0.306 e. The van der Waals surface area contributed by atoms with Crippen LogP contribution >= 0.6 is 0 Å². The van der Waals surface area contributed by atoms with Crippen LogP contribution in [0.25, 0.3) is 0 Å². The lowest BCUT2D eigenvalue weighted by molar-refractivity contribution is -0.167. The molecule has 1 atom stereocenters. The molecule has 0 N–H and O–H groups in total. The first kappa shape index (κ1) is 77.1. The summed E-state index contributed by atoms with van der Waals surface area (Å²) < 4.78 is 17.0. The summed E-state index contributed by atoms with van der Waals surface area (Å²) in [6, 6.07) is 0. The molecule has 0 heterocycles. The van der Waals surface area contributed by atoms with E-state index in [9.17, 15) is 14.4 Å². The Hall–Kier alpha value is -2.89. The summed E-state index contributed by atoms with van der Waals surface area (Å²) in [7, 11) is 0. The molecule has 0 aromatic heterocycles. The van der Waals surface area contributed by atoms with Gasteiger partial charge in [-0.15, -0.1) is 0 Å². The van der Waals surface area contributed by atoms with Crippen LogP contribution in [0.1, 0.15) is 374 Å². The summed E-state index contributed by atoms with van der Waals surface area (Å²) in [5, 5.41) is 0. The molecule has 0 bridgehead atoms. The van der Waals surface area contributed by atoms with E-state index in [4.69, 9.17) is 14.2 Å². The average molecular weight is 1120 g/mol. The van der Waals surface area contributed by atoms with Crippen molar-refractivity contribution in [1.29, 1.82) is 0 Å². The second-order valence-electron chi connectivity index (χ2n) is 23.8. The minimum absolute atomic E-state index is 0.0767. The monoisotopic (exact) mass is 1120 g/mol. The molecule has 466 valence electrons. The predicted molar refractivity (Wildman–Crippen MR) is 348 cm³/mol. The highest BCUT2D eigenvalue weighted by Crippen LogP contribution is 2.18. The summed E-state index contributed by atoms with van der Waals surface area (Å²) in [6.45, 7) is 6.63. The van der Waals surface area contributed by atoms with Crippen molar-refractivity contribution >= 4 is 17.9 Å². The number of allylic oxidation sites excluding steroid dienone is 10. The van der Waals surface area contributed by atoms with Gasteiger partial charge in [-0.3, -0.25) is 14.4 Å². The third-order valence-electron chi connectivity index (χ3n) is 15.7. The van der Waals surface area contributed by atoms with Gasteiger partial charge in [-0.1, -0.05) is 313 Å². The van der Waals surface area contributed by atoms with E-state index in [0.29, 0.717) is 19.3 Å². The summed E-state index contributed by atoms with van der Waals surface area (Å²) in [5.41, 5.74) is 0. The molecule has 0 aromatic rings. The van der Waals surface area contributed by atoms with Gasteiger partial charge in [0, 0.05) is 19.3 Å². The Balaban J connectivity index is 4.28. The summed E-state index contributed by atoms with van der Waals surface area (Å²) in [4.78, 5) is 38.4. The van der Waals surface area contributed by atoms with Gasteiger partial charge < -0.3 is 14.2 Å². The number of esters is 3. The zero-order valence-corrected chi connectivity index (χ0v) is 53.6. The minimum atomic E-state index is -0.782. The topological polar surface area (TPSA) is 78.9 Å². The molecule has 0 rings (SSSR count). The van der Waals surface area contributed by atoms with Gasteiger partial charge in [0.15, 0.2) is 6.10 Å². The molecule has 0 amide bonds. The van der Waals surface area contributed by atoms with Crippen molar-refractivity contribution in [2.45, 2.75) is 380 Å². The number of carbonyl (C=O) groups is 3. The van der Waals surface area contributed by atoms with Gasteiger partial charge in [-0.05, 0) is 103 Å². The Labute approximate surface area is 498 Å². The fourth-order valence-electron chi connectivity index (χ4n) is 10.4. The van der Waals surface area contributed by atoms with E-state index in [1.165, 1.54) is 250 Å². The van der Waals surface area contributed by atoms with E-state index in [0.717, 1.165) is 83.5 Å². The lowest BCUT2D eigenvalue weighted by Gasteiger charge is -2.18. The van der Waals surface area contributed by atoms with Gasteiger partial charge in [-0.25, -0.2) is 0 Å². The highest BCUT2D eigenvalue weighted by molar-refractivity contribution is 5.71. The molecule has 0 aromatic carbocycles. The third kappa shape index (κ3) is 65.9. The number of rotatable bonds is 65. The first-order valence-corrected chi connectivity index (χ1v) is 35.3. The van der Waals surface area contributed by atoms with Crippen molar-refractivity contribution in [3.05, 3.63) is 60.8 Å². The highest BCUT2D eigenvalue weighted by Gasteiger charge is 2.19. The lowest BCUT2D eigenvalue weighted by Crippen LogP contribution is -2.30. The average Bonchev–Trinajstić information content (AvgIpc) is 3.46. The number of carbonyl (C=O) groups excluding carboxylic acids is 3. The fraction of sp³-hybridized carbons (Fsp3) is 0.824. The van der Waals surface area contributed by atoms with Crippen molar-refractivity contribution < 1.29 is 28.6 Å². The zero-order chi connectivity index (χ0) is 57.8. The number of hydrogen-bond acceptors (Lipinski definition) is 6. The summed E-state index contributed by atoms with van der Waals surface area (Å²) in [5.74, 6) is -0.871. The largest absolute Gasteiger partial charge is 0.462 e. The van der Waals surface area contributed by atoms with Gasteiger partial charge in [-0.2, -0.15) is 0 Å². The molecule has 0 aliphatic rings. The first-order valence-electron chi connectivity index (χ1n) is 35.3. The first-order chi connectivity index (χ1) is 39.5. The quantitative estimate of drug-likeness (QED) is 0.0261. The zero-order valence-electron chi connectivity index (χ0n) is 53.6. The van der Waals surface area contributed by atoms with Crippen LogP contribution in [0.5, 0.6) is 0 Å². The van der Waals surface area contributed by atoms with Crippen LogP contribution in [0.2, 0.25) is 0 Å². The van der Waals surface area contributed by atoms with Crippen LogP contribution in [0.15, 0.2) is 60.8 Å². The van der Waals surface area contributed by atoms with Gasteiger partial charge in [0.2, 0.25) is 0 Å². The molecule has 6 heteroatoms. The fourth-order valence-corrected chi connectivity index (χ4v) is 10.4. The molecule has 0 aliphatic heterocycles. The van der Waals surface area contributed by atoms with E-state index >= 15 is 0 Å². The van der Waals surface area contributed by atoms with Crippen molar-refractivity contribution in [2.24, 2.45) is 0 Å². The Bertz CT molecular complexity index is 1430. The summed E-state index contributed by atoms with van der Waals surface area (Å²) in [6.07, 6.45) is 88.2. The molecule has 6 nitrogen and oxygen atoms in total. The SMILES string of the molecule is CCCC/C=C\C/C=C\CCCCCCCC(=O)OCC(COC(=O)CCCCCCCCCCCCCCC/C=C\C/C=C\CCCCCCC)OC(=O)CCCCCCCCCCCCC/C=C\CCCCCCCCCC. The molecule has 0 spiro atoms. The molecular formula is C74H134O6. The van der Waals surface area contributed by atoms with E-state index in [-0.39, 0.29) is 31.1 Å². The normalized spacial score (nSPS) is 12.4. The predicted octanol–water partition coefficient (Wildman–Crippen LogP) is 24.3. The Morgan fingerprint density at radius 1 is 0.250 bits per heavy atom. The highest BCUT2D eigenvalue weighted by atomic mass is 16.6. The molecule has 80 heavy (non-hydrogen) atoms. The molecular weight excluding hydrogens is 985 g/mol.